The third-order valence-corrected chi connectivity index (χ3v) is 3.10. The highest BCUT2D eigenvalue weighted by molar-refractivity contribution is 5.97. The first kappa shape index (κ1) is 14.5. The highest BCUT2D eigenvalue weighted by Gasteiger charge is 2.38. The molecule has 1 heterocycles. The van der Waals surface area contributed by atoms with Crippen molar-refractivity contribution in [2.75, 3.05) is 0 Å². The summed E-state index contributed by atoms with van der Waals surface area (Å²) >= 11 is 0. The largest absolute Gasteiger partial charge is 0.419 e. The molecule has 1 fully saturated rings. The fourth-order valence-electron chi connectivity index (χ4n) is 2.16. The van der Waals surface area contributed by atoms with Gasteiger partial charge in [-0.1, -0.05) is 12.1 Å². The van der Waals surface area contributed by atoms with Gasteiger partial charge < -0.3 is 0 Å². The molecule has 1 saturated heterocycles. The Morgan fingerprint density at radius 1 is 1.10 bits per heavy atom. The first-order chi connectivity index (χ1) is 9.30. The molecule has 0 unspecified atom stereocenters. The summed E-state index contributed by atoms with van der Waals surface area (Å²) in [6.45, 7) is -0.551. The summed E-state index contributed by atoms with van der Waals surface area (Å²) in [7, 11) is 0. The molecule has 1 aromatic rings. The zero-order valence-corrected chi connectivity index (χ0v) is 10.3. The number of hydrogen-bond donors (Lipinski definition) is 0. The van der Waals surface area contributed by atoms with E-state index in [2.05, 4.69) is 0 Å². The van der Waals surface area contributed by atoms with Gasteiger partial charge in [-0.25, -0.2) is 4.39 Å². The number of hydrogen-bond acceptors (Lipinski definition) is 2. The minimum absolute atomic E-state index is 0.113. The molecule has 0 aliphatic carbocycles. The first-order valence-electron chi connectivity index (χ1n) is 5.98. The van der Waals surface area contributed by atoms with Crippen molar-refractivity contribution in [1.29, 1.82) is 0 Å². The zero-order valence-electron chi connectivity index (χ0n) is 10.3. The summed E-state index contributed by atoms with van der Waals surface area (Å²) in [4.78, 5) is 23.9. The molecular formula is C13H11F4NO2. The van der Waals surface area contributed by atoms with Crippen LogP contribution >= 0.6 is 0 Å². The Labute approximate surface area is 112 Å². The van der Waals surface area contributed by atoms with E-state index in [1.54, 1.807) is 0 Å². The van der Waals surface area contributed by atoms with Gasteiger partial charge in [0.25, 0.3) is 0 Å². The molecular weight excluding hydrogens is 278 g/mol. The van der Waals surface area contributed by atoms with E-state index in [-0.39, 0.29) is 12.8 Å². The van der Waals surface area contributed by atoms with Crippen LogP contribution in [0, 0.1) is 5.82 Å². The predicted octanol–water partition coefficient (Wildman–Crippen LogP) is 2.88. The number of rotatable bonds is 2. The maximum absolute atomic E-state index is 13.4. The van der Waals surface area contributed by atoms with Crippen LogP contribution < -0.4 is 0 Å². The van der Waals surface area contributed by atoms with E-state index < -0.39 is 41.5 Å². The van der Waals surface area contributed by atoms with E-state index >= 15 is 0 Å². The molecule has 2 amide bonds. The number of likely N-dealkylation sites (tertiary alicyclic amines) is 1. The molecule has 1 aliphatic rings. The predicted molar refractivity (Wildman–Crippen MR) is 60.8 cm³/mol. The SMILES string of the molecule is O=C1CCCC(=O)N1Cc1cccc(F)c1C(F)(F)F. The number of carbonyl (C=O) groups is 2. The lowest BCUT2D eigenvalue weighted by Crippen LogP contribution is -2.39. The second-order valence-corrected chi connectivity index (χ2v) is 4.50. The van der Waals surface area contributed by atoms with Crippen molar-refractivity contribution in [3.8, 4) is 0 Å². The lowest BCUT2D eigenvalue weighted by molar-refractivity contribution is -0.150. The van der Waals surface area contributed by atoms with E-state index in [4.69, 9.17) is 0 Å². The standard InChI is InChI=1S/C13H11F4NO2/c14-9-4-1-3-8(12(9)13(15,16)17)7-18-10(19)5-2-6-11(18)20/h1,3-4H,2,5-7H2. The molecule has 108 valence electrons. The van der Waals surface area contributed by atoms with Gasteiger partial charge in [0.1, 0.15) is 5.82 Å². The van der Waals surface area contributed by atoms with Crippen molar-refractivity contribution >= 4 is 11.8 Å². The van der Waals surface area contributed by atoms with Crippen molar-refractivity contribution in [3.63, 3.8) is 0 Å². The fourth-order valence-corrected chi connectivity index (χ4v) is 2.16. The van der Waals surface area contributed by atoms with E-state index in [0.717, 1.165) is 17.0 Å². The van der Waals surface area contributed by atoms with Gasteiger partial charge in [0, 0.05) is 12.8 Å². The van der Waals surface area contributed by atoms with Gasteiger partial charge in [-0.3, -0.25) is 14.5 Å². The van der Waals surface area contributed by atoms with Crippen LogP contribution in [0.5, 0.6) is 0 Å². The normalized spacial score (nSPS) is 16.7. The minimum Gasteiger partial charge on any atom is -0.278 e. The van der Waals surface area contributed by atoms with Gasteiger partial charge in [0.2, 0.25) is 11.8 Å². The van der Waals surface area contributed by atoms with Crippen molar-refractivity contribution in [1.82, 2.24) is 4.90 Å². The second kappa shape index (κ2) is 5.22. The van der Waals surface area contributed by atoms with Gasteiger partial charge >= 0.3 is 6.18 Å². The smallest absolute Gasteiger partial charge is 0.278 e. The molecule has 2 rings (SSSR count). The lowest BCUT2D eigenvalue weighted by atomic mass is 10.0. The Morgan fingerprint density at radius 3 is 2.25 bits per heavy atom. The van der Waals surface area contributed by atoms with Crippen LogP contribution in [0.3, 0.4) is 0 Å². The number of nitrogens with zero attached hydrogens (tertiary/aromatic N) is 1. The van der Waals surface area contributed by atoms with Crippen LogP contribution in [0.1, 0.15) is 30.4 Å². The van der Waals surface area contributed by atoms with E-state index in [0.29, 0.717) is 12.5 Å². The number of benzene rings is 1. The van der Waals surface area contributed by atoms with Crippen molar-refractivity contribution in [3.05, 3.63) is 35.1 Å². The number of alkyl halides is 3. The Balaban J connectivity index is 2.36. The maximum atomic E-state index is 13.4. The number of piperidine rings is 1. The van der Waals surface area contributed by atoms with E-state index in [1.807, 2.05) is 0 Å². The summed E-state index contributed by atoms with van der Waals surface area (Å²) in [5.41, 5.74) is -1.84. The number of amides is 2. The van der Waals surface area contributed by atoms with Crippen LogP contribution in [0.25, 0.3) is 0 Å². The number of halogens is 4. The Bertz CT molecular complexity index is 538. The second-order valence-electron chi connectivity index (χ2n) is 4.50. The maximum Gasteiger partial charge on any atom is 0.419 e. The van der Waals surface area contributed by atoms with Crippen molar-refractivity contribution < 1.29 is 27.2 Å². The summed E-state index contributed by atoms with van der Waals surface area (Å²) in [6, 6.07) is 2.89. The van der Waals surface area contributed by atoms with Crippen LogP contribution in [-0.2, 0) is 22.3 Å². The molecule has 7 heteroatoms. The van der Waals surface area contributed by atoms with Crippen LogP contribution in [0.2, 0.25) is 0 Å². The number of imide groups is 1. The quantitative estimate of drug-likeness (QED) is 0.620. The average molecular weight is 289 g/mol. The van der Waals surface area contributed by atoms with Gasteiger partial charge in [0.05, 0.1) is 12.1 Å². The van der Waals surface area contributed by atoms with E-state index in [9.17, 15) is 27.2 Å². The Hall–Kier alpha value is -1.92. The summed E-state index contributed by atoms with van der Waals surface area (Å²) in [6.07, 6.45) is -4.25. The van der Waals surface area contributed by atoms with Crippen LogP contribution in [0.4, 0.5) is 17.6 Å². The van der Waals surface area contributed by atoms with E-state index in [1.165, 1.54) is 0 Å². The average Bonchev–Trinajstić information content (AvgIpc) is 2.32. The highest BCUT2D eigenvalue weighted by atomic mass is 19.4. The molecule has 20 heavy (non-hydrogen) atoms. The minimum atomic E-state index is -4.87. The molecule has 0 spiro atoms. The Kier molecular flexibility index (Phi) is 3.78. The molecule has 0 atom stereocenters. The first-order valence-corrected chi connectivity index (χ1v) is 5.98. The van der Waals surface area contributed by atoms with Crippen LogP contribution in [0.15, 0.2) is 18.2 Å². The summed E-state index contributed by atoms with van der Waals surface area (Å²) in [5, 5.41) is 0. The third kappa shape index (κ3) is 2.81. The topological polar surface area (TPSA) is 37.4 Å². The van der Waals surface area contributed by atoms with Crippen LogP contribution in [-0.4, -0.2) is 16.7 Å². The summed E-state index contributed by atoms with van der Waals surface area (Å²) < 4.78 is 51.9. The number of carbonyl (C=O) groups excluding carboxylic acids is 2. The molecule has 3 nitrogen and oxygen atoms in total. The van der Waals surface area contributed by atoms with Crippen molar-refractivity contribution in [2.24, 2.45) is 0 Å². The third-order valence-electron chi connectivity index (χ3n) is 3.10. The van der Waals surface area contributed by atoms with Gasteiger partial charge in [-0.05, 0) is 18.1 Å². The van der Waals surface area contributed by atoms with Gasteiger partial charge in [0.15, 0.2) is 0 Å². The highest BCUT2D eigenvalue weighted by Crippen LogP contribution is 2.35. The molecule has 0 radical (unpaired) electrons. The Morgan fingerprint density at radius 2 is 1.70 bits per heavy atom. The molecule has 0 N–H and O–H groups in total. The molecule has 1 aliphatic heterocycles. The fraction of sp³-hybridized carbons (Fsp3) is 0.385. The summed E-state index contributed by atoms with van der Waals surface area (Å²) in [5.74, 6) is -2.47. The molecule has 0 saturated carbocycles. The zero-order chi connectivity index (χ0) is 14.9. The molecule has 0 bridgehead atoms. The lowest BCUT2D eigenvalue weighted by Gasteiger charge is -2.26. The molecule has 0 aromatic heterocycles. The molecule has 1 aromatic carbocycles. The monoisotopic (exact) mass is 289 g/mol. The van der Waals surface area contributed by atoms with Gasteiger partial charge in [-0.2, -0.15) is 13.2 Å². The van der Waals surface area contributed by atoms with Crippen molar-refractivity contribution in [2.45, 2.75) is 32.0 Å². The van der Waals surface area contributed by atoms with Gasteiger partial charge in [-0.15, -0.1) is 0 Å².